The number of nitrogens with one attached hydrogen (secondary N) is 2. The van der Waals surface area contributed by atoms with E-state index in [9.17, 15) is 20.1 Å². The van der Waals surface area contributed by atoms with Gasteiger partial charge in [-0.15, -0.1) is 0 Å². The van der Waals surface area contributed by atoms with E-state index in [1.165, 1.54) is 21.6 Å². The molecule has 46 heavy (non-hydrogen) atoms. The zero-order chi connectivity index (χ0) is 33.0. The van der Waals surface area contributed by atoms with Gasteiger partial charge in [0.05, 0.1) is 45.2 Å². The third-order valence-electron chi connectivity index (χ3n) is 8.87. The van der Waals surface area contributed by atoms with Gasteiger partial charge in [0.2, 0.25) is 0 Å². The molecule has 6 nitrogen and oxygen atoms in total. The summed E-state index contributed by atoms with van der Waals surface area (Å²) < 4.78 is 1.83. The van der Waals surface area contributed by atoms with E-state index in [0.717, 1.165) is 31.5 Å². The standard InChI is InChI=1S/C36H32Br2N4O2S2/c1-35(2)13-25-31(27(43)15-35)29(19-5-9-21(37)10-6-19)23(17-39)33(41-25)45-46-34-24(18-40)30(20-7-11-22(38)12-8-20)32-26(42-34)14-36(3,4)16-28(32)44/h5-12,29-30,41-42H,13-16H2,1-4H3/t29-,30-/m0/s1. The Morgan fingerprint density at radius 2 is 1.00 bits per heavy atom. The molecule has 2 atom stereocenters. The van der Waals surface area contributed by atoms with Gasteiger partial charge in [0.15, 0.2) is 11.6 Å². The Hall–Kier alpha value is -3.02. The van der Waals surface area contributed by atoms with Crippen LogP contribution in [0.15, 0.2) is 101 Å². The van der Waals surface area contributed by atoms with Gasteiger partial charge >= 0.3 is 0 Å². The Morgan fingerprint density at radius 1 is 0.652 bits per heavy atom. The monoisotopic (exact) mass is 774 g/mol. The number of halogens is 2. The van der Waals surface area contributed by atoms with E-state index < -0.39 is 11.8 Å². The molecule has 10 heteroatoms. The Labute approximate surface area is 294 Å². The van der Waals surface area contributed by atoms with Crippen molar-refractivity contribution in [3.63, 3.8) is 0 Å². The summed E-state index contributed by atoms with van der Waals surface area (Å²) in [5.74, 6) is -0.875. The van der Waals surface area contributed by atoms with Crippen LogP contribution >= 0.6 is 53.4 Å². The van der Waals surface area contributed by atoms with Gasteiger partial charge in [0.25, 0.3) is 0 Å². The van der Waals surface area contributed by atoms with Crippen LogP contribution in [-0.4, -0.2) is 11.6 Å². The van der Waals surface area contributed by atoms with Crippen molar-refractivity contribution in [2.45, 2.75) is 65.2 Å². The van der Waals surface area contributed by atoms with E-state index in [1.807, 2.05) is 48.5 Å². The minimum atomic E-state index is -0.494. The highest BCUT2D eigenvalue weighted by Gasteiger charge is 2.44. The maximum Gasteiger partial charge on any atom is 0.162 e. The molecule has 0 bridgehead atoms. The number of nitriles is 2. The van der Waals surface area contributed by atoms with Crippen LogP contribution in [0.3, 0.4) is 0 Å². The average molecular weight is 777 g/mol. The number of Topliss-reactive ketones (excluding diaryl/α,β-unsaturated/α-hetero) is 2. The molecule has 0 amide bonds. The first-order valence-electron chi connectivity index (χ1n) is 15.0. The Morgan fingerprint density at radius 3 is 1.33 bits per heavy atom. The lowest BCUT2D eigenvalue weighted by Gasteiger charge is -2.40. The summed E-state index contributed by atoms with van der Waals surface area (Å²) in [4.78, 5) is 27.2. The number of allylic oxidation sites excluding steroid dienone is 6. The highest BCUT2D eigenvalue weighted by atomic mass is 79.9. The lowest BCUT2D eigenvalue weighted by molar-refractivity contribution is -0.119. The second-order valence-electron chi connectivity index (χ2n) is 13.8. The highest BCUT2D eigenvalue weighted by Crippen LogP contribution is 2.53. The molecule has 2 aliphatic heterocycles. The zero-order valence-corrected chi connectivity index (χ0v) is 30.7. The number of benzene rings is 2. The van der Waals surface area contributed by atoms with Gasteiger partial charge in [-0.25, -0.2) is 0 Å². The molecule has 0 saturated heterocycles. The molecule has 2 aliphatic carbocycles. The number of carbonyl (C=O) groups is 2. The SMILES string of the molecule is CC1(C)CC(=O)C2=C(C1)NC(SSC1=C(C#N)[C@H](c3ccc(Br)cc3)C3=C(CC(C)(C)CC3=O)N1)=C(C#N)[C@@H]2c1ccc(Br)cc1. The molecule has 2 aromatic carbocycles. The Balaban J connectivity index is 1.42. The van der Waals surface area contributed by atoms with Crippen molar-refractivity contribution in [3.8, 4) is 12.1 Å². The molecule has 4 aliphatic rings. The predicted octanol–water partition coefficient (Wildman–Crippen LogP) is 9.42. The molecule has 234 valence electrons. The summed E-state index contributed by atoms with van der Waals surface area (Å²) in [6.45, 7) is 8.36. The Kier molecular flexibility index (Phi) is 8.97. The van der Waals surface area contributed by atoms with Crippen molar-refractivity contribution in [1.29, 1.82) is 10.5 Å². The summed E-state index contributed by atoms with van der Waals surface area (Å²) >= 11 is 7.02. The molecular weight excluding hydrogens is 744 g/mol. The van der Waals surface area contributed by atoms with Crippen LogP contribution < -0.4 is 10.6 Å². The number of dihydropyridines is 2. The normalized spacial score (nSPS) is 23.7. The van der Waals surface area contributed by atoms with Gasteiger partial charge in [-0.05, 0) is 80.7 Å². The maximum atomic E-state index is 13.6. The van der Waals surface area contributed by atoms with Crippen molar-refractivity contribution in [2.24, 2.45) is 10.8 Å². The molecule has 0 saturated carbocycles. The van der Waals surface area contributed by atoms with Crippen LogP contribution in [0.5, 0.6) is 0 Å². The zero-order valence-electron chi connectivity index (χ0n) is 25.9. The molecular formula is C36H32Br2N4O2S2. The summed E-state index contributed by atoms with van der Waals surface area (Å²) in [5, 5.41) is 29.4. The number of ketones is 2. The van der Waals surface area contributed by atoms with Gasteiger partial charge in [-0.1, -0.05) is 83.8 Å². The molecule has 2 N–H and O–H groups in total. The Bertz CT molecular complexity index is 1740. The second kappa shape index (κ2) is 12.5. The van der Waals surface area contributed by atoms with Gasteiger partial charge in [-0.2, -0.15) is 10.5 Å². The fraction of sp³-hybridized carbons (Fsp3) is 0.333. The number of carbonyl (C=O) groups excluding carboxylic acids is 2. The van der Waals surface area contributed by atoms with Crippen LogP contribution in [0.2, 0.25) is 0 Å². The third-order valence-corrected chi connectivity index (χ3v) is 12.2. The maximum absolute atomic E-state index is 13.6. The molecule has 2 aromatic rings. The first kappa shape index (κ1) is 32.9. The number of hydrogen-bond acceptors (Lipinski definition) is 8. The van der Waals surface area contributed by atoms with E-state index in [-0.39, 0.29) is 22.4 Å². The highest BCUT2D eigenvalue weighted by molar-refractivity contribution is 9.10. The fourth-order valence-corrected chi connectivity index (χ4v) is 9.76. The first-order valence-corrected chi connectivity index (χ1v) is 18.7. The van der Waals surface area contributed by atoms with Gasteiger partial charge in [0.1, 0.15) is 0 Å². The lowest BCUT2D eigenvalue weighted by Crippen LogP contribution is -2.37. The molecule has 0 aromatic heterocycles. The molecule has 2 heterocycles. The molecule has 6 rings (SSSR count). The van der Waals surface area contributed by atoms with E-state index >= 15 is 0 Å². The smallest absolute Gasteiger partial charge is 0.162 e. The molecule has 0 spiro atoms. The minimum absolute atomic E-state index is 0.0564. The average Bonchev–Trinajstić information content (AvgIpc) is 2.98. The molecule has 0 unspecified atom stereocenters. The van der Waals surface area contributed by atoms with Gasteiger partial charge in [-0.3, -0.25) is 9.59 Å². The third kappa shape index (κ3) is 6.30. The van der Waals surface area contributed by atoms with Crippen molar-refractivity contribution in [1.82, 2.24) is 10.6 Å². The van der Waals surface area contributed by atoms with Crippen molar-refractivity contribution < 1.29 is 9.59 Å². The van der Waals surface area contributed by atoms with Crippen LogP contribution in [0, 0.1) is 33.5 Å². The molecule has 0 fully saturated rings. The summed E-state index contributed by atoms with van der Waals surface area (Å²) in [5.41, 5.74) is 5.28. The van der Waals surface area contributed by atoms with Crippen LogP contribution in [0.4, 0.5) is 0 Å². The number of rotatable bonds is 5. The molecule has 0 radical (unpaired) electrons. The van der Waals surface area contributed by atoms with Gasteiger partial charge < -0.3 is 10.6 Å². The van der Waals surface area contributed by atoms with Crippen molar-refractivity contribution in [2.75, 3.05) is 0 Å². The quantitative estimate of drug-likeness (QED) is 0.290. The largest absolute Gasteiger partial charge is 0.352 e. The first-order chi connectivity index (χ1) is 21.8. The van der Waals surface area contributed by atoms with Crippen LogP contribution in [-0.2, 0) is 9.59 Å². The number of nitrogens with zero attached hydrogens (tertiary/aromatic N) is 2. The summed E-state index contributed by atoms with van der Waals surface area (Å²) in [6, 6.07) is 20.4. The van der Waals surface area contributed by atoms with Crippen LogP contribution in [0.25, 0.3) is 0 Å². The van der Waals surface area contributed by atoms with Gasteiger partial charge in [0, 0.05) is 44.3 Å². The summed E-state index contributed by atoms with van der Waals surface area (Å²) in [7, 11) is 2.75. The topological polar surface area (TPSA) is 106 Å². The predicted molar refractivity (Wildman–Crippen MR) is 191 cm³/mol. The van der Waals surface area contributed by atoms with E-state index in [4.69, 9.17) is 0 Å². The second-order valence-corrected chi connectivity index (χ2v) is 17.7. The number of hydrogen-bond donors (Lipinski definition) is 2. The fourth-order valence-electron chi connectivity index (χ4n) is 6.94. The van der Waals surface area contributed by atoms with Crippen molar-refractivity contribution >= 4 is 65.0 Å². The van der Waals surface area contributed by atoms with E-state index in [1.54, 1.807) is 0 Å². The van der Waals surface area contributed by atoms with E-state index in [0.29, 0.717) is 58.0 Å². The van der Waals surface area contributed by atoms with E-state index in [2.05, 4.69) is 82.3 Å². The minimum Gasteiger partial charge on any atom is -0.352 e. The van der Waals surface area contributed by atoms with Crippen molar-refractivity contribution in [3.05, 3.63) is 112 Å². The lowest BCUT2D eigenvalue weighted by atomic mass is 9.69. The summed E-state index contributed by atoms with van der Waals surface area (Å²) in [6.07, 6.45) is 2.20. The van der Waals surface area contributed by atoms with Crippen LogP contribution in [0.1, 0.15) is 76.3 Å².